The van der Waals surface area contributed by atoms with Gasteiger partial charge in [0.15, 0.2) is 0 Å². The summed E-state index contributed by atoms with van der Waals surface area (Å²) >= 11 is 6.21. The van der Waals surface area contributed by atoms with Gasteiger partial charge in [0, 0.05) is 37.4 Å². The number of benzene rings is 2. The van der Waals surface area contributed by atoms with E-state index in [-0.39, 0.29) is 5.91 Å². The Labute approximate surface area is 152 Å². The number of piperazine rings is 1. The van der Waals surface area contributed by atoms with Crippen molar-refractivity contribution in [2.45, 2.75) is 0 Å². The molecule has 5 nitrogen and oxygen atoms in total. The predicted octanol–water partition coefficient (Wildman–Crippen LogP) is 3.32. The van der Waals surface area contributed by atoms with Crippen LogP contribution in [0.1, 0.15) is 10.4 Å². The summed E-state index contributed by atoms with van der Waals surface area (Å²) in [5, 5.41) is 0.594. The zero-order chi connectivity index (χ0) is 17.8. The molecule has 0 N–H and O–H groups in total. The largest absolute Gasteiger partial charge is 0.497 e. The van der Waals surface area contributed by atoms with Crippen molar-refractivity contribution in [2.24, 2.45) is 0 Å². The molecule has 6 heteroatoms. The minimum atomic E-state index is 0.0510. The van der Waals surface area contributed by atoms with Crippen molar-refractivity contribution in [1.82, 2.24) is 4.90 Å². The fourth-order valence-electron chi connectivity index (χ4n) is 2.94. The van der Waals surface area contributed by atoms with Crippen LogP contribution in [-0.2, 0) is 0 Å². The van der Waals surface area contributed by atoms with Crippen molar-refractivity contribution in [3.8, 4) is 11.5 Å². The number of halogens is 1. The maximum atomic E-state index is 12.6. The summed E-state index contributed by atoms with van der Waals surface area (Å²) in [6, 6.07) is 13.0. The highest BCUT2D eigenvalue weighted by molar-refractivity contribution is 6.32. The molecule has 0 unspecified atom stereocenters. The Balaban J connectivity index is 1.62. The lowest BCUT2D eigenvalue weighted by atomic mass is 10.1. The number of hydrogen-bond donors (Lipinski definition) is 0. The number of nitrogens with zero attached hydrogens (tertiary/aromatic N) is 2. The summed E-state index contributed by atoms with van der Waals surface area (Å²) in [7, 11) is 3.21. The van der Waals surface area contributed by atoms with Gasteiger partial charge < -0.3 is 19.3 Å². The molecular weight excluding hydrogens is 340 g/mol. The van der Waals surface area contributed by atoms with Crippen LogP contribution in [-0.4, -0.2) is 51.2 Å². The van der Waals surface area contributed by atoms with E-state index in [1.807, 2.05) is 35.2 Å². The second-order valence-corrected chi connectivity index (χ2v) is 6.23. The van der Waals surface area contributed by atoms with Gasteiger partial charge in [0.2, 0.25) is 0 Å². The van der Waals surface area contributed by atoms with Crippen molar-refractivity contribution in [1.29, 1.82) is 0 Å². The van der Waals surface area contributed by atoms with E-state index >= 15 is 0 Å². The number of carbonyl (C=O) groups is 1. The molecule has 1 aliphatic rings. The number of rotatable bonds is 4. The monoisotopic (exact) mass is 360 g/mol. The molecule has 1 aliphatic heterocycles. The fourth-order valence-corrected chi connectivity index (χ4v) is 3.19. The summed E-state index contributed by atoms with van der Waals surface area (Å²) in [4.78, 5) is 16.7. The second kappa shape index (κ2) is 7.66. The van der Waals surface area contributed by atoms with E-state index in [2.05, 4.69) is 4.90 Å². The van der Waals surface area contributed by atoms with Crippen molar-refractivity contribution in [3.05, 3.63) is 53.1 Å². The van der Waals surface area contributed by atoms with Crippen LogP contribution in [0.15, 0.2) is 42.5 Å². The standard InChI is InChI=1S/C19H21ClN2O3/c1-24-16-6-3-14(4-7-16)19(23)22-11-9-21(10-12-22)15-5-8-18(25-2)17(20)13-15/h3-8,13H,9-12H2,1-2H3. The molecule has 0 saturated carbocycles. The number of carbonyl (C=O) groups excluding carboxylic acids is 1. The number of anilines is 1. The highest BCUT2D eigenvalue weighted by Crippen LogP contribution is 2.29. The SMILES string of the molecule is COc1ccc(C(=O)N2CCN(c3ccc(OC)c(Cl)c3)CC2)cc1. The molecule has 0 bridgehead atoms. The average molecular weight is 361 g/mol. The van der Waals surface area contributed by atoms with E-state index in [0.717, 1.165) is 24.5 Å². The summed E-state index contributed by atoms with van der Waals surface area (Å²) in [6.07, 6.45) is 0. The Morgan fingerprint density at radius 2 is 1.64 bits per heavy atom. The first-order valence-electron chi connectivity index (χ1n) is 8.14. The van der Waals surface area contributed by atoms with Gasteiger partial charge in [-0.2, -0.15) is 0 Å². The molecule has 0 spiro atoms. The molecule has 0 aromatic heterocycles. The van der Waals surface area contributed by atoms with Crippen molar-refractivity contribution < 1.29 is 14.3 Å². The van der Waals surface area contributed by atoms with E-state index in [1.165, 1.54) is 0 Å². The summed E-state index contributed by atoms with van der Waals surface area (Å²) in [6.45, 7) is 2.89. The Morgan fingerprint density at radius 1 is 0.960 bits per heavy atom. The third-order valence-electron chi connectivity index (χ3n) is 4.40. The van der Waals surface area contributed by atoms with Crippen LogP contribution in [0.25, 0.3) is 0 Å². The summed E-state index contributed by atoms with van der Waals surface area (Å²) < 4.78 is 10.3. The molecule has 1 amide bonds. The molecule has 2 aromatic rings. The highest BCUT2D eigenvalue weighted by atomic mass is 35.5. The Kier molecular flexibility index (Phi) is 5.34. The van der Waals surface area contributed by atoms with Crippen LogP contribution < -0.4 is 14.4 Å². The van der Waals surface area contributed by atoms with Gasteiger partial charge in [0.05, 0.1) is 19.2 Å². The van der Waals surface area contributed by atoms with E-state index in [4.69, 9.17) is 21.1 Å². The minimum absolute atomic E-state index is 0.0510. The fraction of sp³-hybridized carbons (Fsp3) is 0.316. The third kappa shape index (κ3) is 3.82. The Morgan fingerprint density at radius 3 is 2.20 bits per heavy atom. The van der Waals surface area contributed by atoms with Crippen LogP contribution >= 0.6 is 11.6 Å². The van der Waals surface area contributed by atoms with Crippen molar-refractivity contribution in [3.63, 3.8) is 0 Å². The Bertz CT molecular complexity index is 741. The van der Waals surface area contributed by atoms with Gasteiger partial charge in [0.25, 0.3) is 5.91 Å². The zero-order valence-corrected chi connectivity index (χ0v) is 15.1. The van der Waals surface area contributed by atoms with E-state index in [9.17, 15) is 4.79 Å². The van der Waals surface area contributed by atoms with Crippen LogP contribution in [0.3, 0.4) is 0 Å². The first-order chi connectivity index (χ1) is 12.1. The first-order valence-corrected chi connectivity index (χ1v) is 8.52. The molecule has 25 heavy (non-hydrogen) atoms. The van der Waals surface area contributed by atoms with Crippen LogP contribution in [0.2, 0.25) is 5.02 Å². The molecule has 0 atom stereocenters. The lowest BCUT2D eigenvalue weighted by Crippen LogP contribution is -2.48. The molecule has 3 rings (SSSR count). The summed E-state index contributed by atoms with van der Waals surface area (Å²) in [5.41, 5.74) is 1.73. The zero-order valence-electron chi connectivity index (χ0n) is 14.4. The lowest BCUT2D eigenvalue weighted by Gasteiger charge is -2.36. The molecule has 1 heterocycles. The van der Waals surface area contributed by atoms with Gasteiger partial charge in [0.1, 0.15) is 11.5 Å². The van der Waals surface area contributed by atoms with Crippen molar-refractivity contribution in [2.75, 3.05) is 45.3 Å². The number of hydrogen-bond acceptors (Lipinski definition) is 4. The first kappa shape index (κ1) is 17.4. The van der Waals surface area contributed by atoms with E-state index in [0.29, 0.717) is 29.4 Å². The van der Waals surface area contributed by atoms with Gasteiger partial charge >= 0.3 is 0 Å². The summed E-state index contributed by atoms with van der Waals surface area (Å²) in [5.74, 6) is 1.46. The highest BCUT2D eigenvalue weighted by Gasteiger charge is 2.22. The minimum Gasteiger partial charge on any atom is -0.497 e. The smallest absolute Gasteiger partial charge is 0.253 e. The third-order valence-corrected chi connectivity index (χ3v) is 4.70. The molecule has 1 saturated heterocycles. The number of amides is 1. The maximum absolute atomic E-state index is 12.6. The lowest BCUT2D eigenvalue weighted by molar-refractivity contribution is 0.0747. The molecule has 2 aromatic carbocycles. The number of ether oxygens (including phenoxy) is 2. The second-order valence-electron chi connectivity index (χ2n) is 5.83. The van der Waals surface area contributed by atoms with E-state index in [1.54, 1.807) is 26.4 Å². The van der Waals surface area contributed by atoms with Gasteiger partial charge in [-0.15, -0.1) is 0 Å². The number of methoxy groups -OCH3 is 2. The van der Waals surface area contributed by atoms with Gasteiger partial charge in [-0.05, 0) is 42.5 Å². The Hall–Kier alpha value is -2.40. The molecule has 0 aliphatic carbocycles. The van der Waals surface area contributed by atoms with Crippen molar-refractivity contribution >= 4 is 23.2 Å². The maximum Gasteiger partial charge on any atom is 0.253 e. The van der Waals surface area contributed by atoms with Crippen LogP contribution in [0.5, 0.6) is 11.5 Å². The average Bonchev–Trinajstić information content (AvgIpc) is 2.67. The molecule has 1 fully saturated rings. The van der Waals surface area contributed by atoms with Gasteiger partial charge in [-0.1, -0.05) is 11.6 Å². The normalized spacial score (nSPS) is 14.4. The topological polar surface area (TPSA) is 42.0 Å². The quantitative estimate of drug-likeness (QED) is 0.838. The van der Waals surface area contributed by atoms with Gasteiger partial charge in [-0.25, -0.2) is 0 Å². The molecule has 0 radical (unpaired) electrons. The van der Waals surface area contributed by atoms with E-state index < -0.39 is 0 Å². The molecular formula is C19H21ClN2O3. The molecule has 132 valence electrons. The van der Waals surface area contributed by atoms with Gasteiger partial charge in [-0.3, -0.25) is 4.79 Å². The van der Waals surface area contributed by atoms with Crippen LogP contribution in [0.4, 0.5) is 5.69 Å². The van der Waals surface area contributed by atoms with Crippen LogP contribution in [0, 0.1) is 0 Å². The predicted molar refractivity (Wildman–Crippen MR) is 99.1 cm³/mol.